The molecule has 0 aliphatic rings. The Balaban J connectivity index is 1.73. The van der Waals surface area contributed by atoms with Crippen LogP contribution in [0.3, 0.4) is 0 Å². The predicted molar refractivity (Wildman–Crippen MR) is 239 cm³/mol. The van der Waals surface area contributed by atoms with Gasteiger partial charge in [-0.1, -0.05) is 18.2 Å². The number of primary amides is 1. The average molecular weight is 944 g/mol. The molecule has 3 aromatic rings. The van der Waals surface area contributed by atoms with Crippen molar-refractivity contribution in [3.05, 3.63) is 54.2 Å². The molecule has 0 aliphatic heterocycles. The lowest BCUT2D eigenvalue weighted by atomic mass is 10.0. The summed E-state index contributed by atoms with van der Waals surface area (Å²) in [5.41, 5.74) is 23.6. The van der Waals surface area contributed by atoms with Crippen molar-refractivity contribution in [3.8, 4) is 0 Å². The summed E-state index contributed by atoms with van der Waals surface area (Å²) in [6.45, 7) is 1.88. The van der Waals surface area contributed by atoms with Crippen LogP contribution >= 0.6 is 12.6 Å². The van der Waals surface area contributed by atoms with Gasteiger partial charge in [0, 0.05) is 54.1 Å². The van der Waals surface area contributed by atoms with Gasteiger partial charge >= 0.3 is 5.97 Å². The molecule has 66 heavy (non-hydrogen) atoms. The molecular formula is C39H57N15O11S. The zero-order chi connectivity index (χ0) is 49.1. The number of hydrogen-bond donors (Lipinski definition) is 16. The zero-order valence-corrected chi connectivity index (χ0v) is 36.9. The maximum absolute atomic E-state index is 13.9. The quantitative estimate of drug-likeness (QED) is 0.0147. The number of fused-ring (bicyclic) bond motifs is 1. The number of aliphatic hydroxyl groups is 1. The third-order valence-electron chi connectivity index (χ3n) is 9.75. The number of carbonyl (C=O) groups excluding carboxylic acids is 8. The second-order valence-electron chi connectivity index (χ2n) is 15.1. The van der Waals surface area contributed by atoms with Crippen molar-refractivity contribution in [1.82, 2.24) is 52.2 Å². The third-order valence-corrected chi connectivity index (χ3v) is 10.1. The summed E-state index contributed by atoms with van der Waals surface area (Å²) in [7, 11) is 0. The number of rotatable bonds is 27. The number of H-pyrrole nitrogens is 2. The molecule has 8 amide bonds. The Labute approximate surface area is 382 Å². The van der Waals surface area contributed by atoms with E-state index in [2.05, 4.69) is 69.8 Å². The summed E-state index contributed by atoms with van der Waals surface area (Å²) in [4.78, 5) is 130. The Morgan fingerprint density at radius 2 is 1.41 bits per heavy atom. The number of nitrogens with one attached hydrogen (secondary N) is 9. The van der Waals surface area contributed by atoms with Crippen LogP contribution in [0.4, 0.5) is 0 Å². The molecule has 19 N–H and O–H groups in total. The first kappa shape index (κ1) is 53.1. The smallest absolute Gasteiger partial charge is 0.305 e. The average Bonchev–Trinajstić information content (AvgIpc) is 3.93. The number of carboxylic acids is 1. The van der Waals surface area contributed by atoms with E-state index in [0.29, 0.717) is 11.3 Å². The topological polar surface area (TPSA) is 439 Å². The summed E-state index contributed by atoms with van der Waals surface area (Å²) in [5, 5.41) is 36.8. The maximum Gasteiger partial charge on any atom is 0.305 e. The lowest BCUT2D eigenvalue weighted by molar-refractivity contribution is -0.139. The van der Waals surface area contributed by atoms with Crippen LogP contribution in [0.5, 0.6) is 0 Å². The number of guanidine groups is 1. The van der Waals surface area contributed by atoms with E-state index in [1.165, 1.54) is 26.4 Å². The van der Waals surface area contributed by atoms with E-state index in [4.69, 9.17) is 28.0 Å². The largest absolute Gasteiger partial charge is 0.481 e. The van der Waals surface area contributed by atoms with Crippen molar-refractivity contribution >= 4 is 82.7 Å². The summed E-state index contributed by atoms with van der Waals surface area (Å²) < 4.78 is 0. The Bertz CT molecular complexity index is 2210. The molecule has 0 spiro atoms. The fourth-order valence-corrected chi connectivity index (χ4v) is 6.51. The van der Waals surface area contributed by atoms with E-state index in [-0.39, 0.29) is 43.9 Å². The van der Waals surface area contributed by atoms with Gasteiger partial charge in [-0.15, -0.1) is 0 Å². The van der Waals surface area contributed by atoms with Crippen LogP contribution in [0.2, 0.25) is 0 Å². The van der Waals surface area contributed by atoms with Gasteiger partial charge in [0.15, 0.2) is 5.96 Å². The molecule has 26 nitrogen and oxygen atoms in total. The Morgan fingerprint density at radius 1 is 0.788 bits per heavy atom. The normalized spacial score (nSPS) is 14.6. The minimum Gasteiger partial charge on any atom is -0.481 e. The Hall–Kier alpha value is -7.26. The second-order valence-corrected chi connectivity index (χ2v) is 15.4. The number of aromatic amines is 2. The summed E-state index contributed by atoms with van der Waals surface area (Å²) >= 11 is 4.12. The van der Waals surface area contributed by atoms with E-state index in [1.54, 1.807) is 30.5 Å². The van der Waals surface area contributed by atoms with Crippen molar-refractivity contribution in [1.29, 1.82) is 0 Å². The molecule has 2 aromatic heterocycles. The van der Waals surface area contributed by atoms with E-state index < -0.39 is 115 Å². The number of para-hydroxylation sites is 1. The van der Waals surface area contributed by atoms with Crippen molar-refractivity contribution in [3.63, 3.8) is 0 Å². The van der Waals surface area contributed by atoms with Gasteiger partial charge in [0.25, 0.3) is 0 Å². The molecule has 3 rings (SSSR count). The van der Waals surface area contributed by atoms with Crippen LogP contribution < -0.4 is 60.2 Å². The lowest BCUT2D eigenvalue weighted by Gasteiger charge is -2.26. The number of thiol groups is 1. The summed E-state index contributed by atoms with van der Waals surface area (Å²) in [5.74, 6) is -9.02. The highest BCUT2D eigenvalue weighted by Gasteiger charge is 2.33. The zero-order valence-electron chi connectivity index (χ0n) is 36.0. The minimum atomic E-state index is -1.49. The molecule has 0 fully saturated rings. The third kappa shape index (κ3) is 17.0. The van der Waals surface area contributed by atoms with Crippen LogP contribution in [0.1, 0.15) is 44.4 Å². The highest BCUT2D eigenvalue weighted by molar-refractivity contribution is 7.80. The van der Waals surface area contributed by atoms with Gasteiger partial charge in [-0.3, -0.25) is 48.1 Å². The minimum absolute atomic E-state index is 0.0411. The van der Waals surface area contributed by atoms with Gasteiger partial charge < -0.3 is 80.3 Å². The SMILES string of the molecule is C[C@H](NC(=O)CNC(=O)[C@H](Cc1c[nH]c2ccccc12)NC(=O)[C@@H](N)CC(=O)O)C(=O)N[C@@H](Cc1cnc[nH]1)C(=O)N[C@@H](CCCN=C(N)N)C(=O)N[C@@H](CS)C(=O)N[C@H](C(N)=O)[C@@H](C)O. The van der Waals surface area contributed by atoms with Crippen LogP contribution in [-0.4, -0.2) is 152 Å². The Morgan fingerprint density at radius 3 is 2.03 bits per heavy atom. The molecule has 27 heteroatoms. The summed E-state index contributed by atoms with van der Waals surface area (Å²) in [6, 6.07) is -2.59. The number of hydrogen-bond acceptors (Lipinski definition) is 14. The fourth-order valence-electron chi connectivity index (χ4n) is 6.25. The molecular weight excluding hydrogens is 887 g/mol. The maximum atomic E-state index is 13.9. The first-order chi connectivity index (χ1) is 31.2. The van der Waals surface area contributed by atoms with E-state index >= 15 is 0 Å². The number of aliphatic hydroxyl groups excluding tert-OH is 1. The van der Waals surface area contributed by atoms with Gasteiger partial charge in [0.1, 0.15) is 36.3 Å². The monoisotopic (exact) mass is 943 g/mol. The molecule has 1 aromatic carbocycles. The summed E-state index contributed by atoms with van der Waals surface area (Å²) in [6.07, 6.45) is 2.06. The van der Waals surface area contributed by atoms with E-state index in [1.807, 2.05) is 0 Å². The fraction of sp³-hybridized carbons (Fsp3) is 0.462. The number of aromatic nitrogens is 3. The number of amides is 8. The van der Waals surface area contributed by atoms with E-state index in [9.17, 15) is 48.3 Å². The number of carboxylic acid groups (broad SMARTS) is 1. The first-order valence-electron chi connectivity index (χ1n) is 20.4. The molecule has 8 atom stereocenters. The van der Waals surface area contributed by atoms with Gasteiger partial charge in [-0.25, -0.2) is 4.98 Å². The van der Waals surface area contributed by atoms with E-state index in [0.717, 1.165) is 10.9 Å². The van der Waals surface area contributed by atoms with Crippen LogP contribution in [0.25, 0.3) is 10.9 Å². The van der Waals surface area contributed by atoms with Gasteiger partial charge in [0.05, 0.1) is 31.4 Å². The van der Waals surface area contributed by atoms with Gasteiger partial charge in [-0.05, 0) is 38.3 Å². The number of aliphatic imine (C=N–C) groups is 1. The highest BCUT2D eigenvalue weighted by atomic mass is 32.1. The van der Waals surface area contributed by atoms with Gasteiger partial charge in [-0.2, -0.15) is 12.6 Å². The second kappa shape index (κ2) is 25.9. The van der Waals surface area contributed by atoms with Crippen molar-refractivity contribution in [2.75, 3.05) is 18.8 Å². The molecule has 0 aliphatic carbocycles. The standard InChI is InChI=1S/C39H57N15O11S/c1-18(49-29(56)15-47-35(62)26(52-34(61)23(40)12-30(57)58)10-20-13-46-24-7-4-3-6-22(20)24)33(60)51-27(11-21-14-44-17-48-21)37(64)50-25(8-5-9-45-39(42)43)36(63)53-28(16-66)38(65)54-31(19(2)55)32(41)59/h3-4,6-7,13-14,17-19,23,25-28,31,46,55,66H,5,8-12,15-16,40H2,1-2H3,(H2,41,59)(H,44,48)(H,47,62)(H,49,56)(H,50,64)(H,51,60)(H,52,61)(H,53,63)(H,54,65)(H,57,58)(H4,42,43,45)/t18-,19+,23-,25-,26-,27-,28-,31-/m0/s1. The van der Waals surface area contributed by atoms with Crippen LogP contribution in [-0.2, 0) is 56.0 Å². The number of benzene rings is 1. The molecule has 0 unspecified atom stereocenters. The van der Waals surface area contributed by atoms with Crippen LogP contribution in [0, 0.1) is 0 Å². The lowest BCUT2D eigenvalue weighted by Crippen LogP contribution is -2.60. The Kier molecular flexibility index (Phi) is 20.8. The number of nitrogens with zero attached hydrogens (tertiary/aromatic N) is 2. The molecule has 0 bridgehead atoms. The molecule has 0 radical (unpaired) electrons. The number of nitrogens with two attached hydrogens (primary N) is 4. The molecule has 0 saturated heterocycles. The van der Waals surface area contributed by atoms with Crippen molar-refractivity contribution < 1.29 is 53.4 Å². The van der Waals surface area contributed by atoms with Gasteiger partial charge in [0.2, 0.25) is 47.3 Å². The van der Waals surface area contributed by atoms with Crippen molar-refractivity contribution in [2.24, 2.45) is 27.9 Å². The van der Waals surface area contributed by atoms with Crippen molar-refractivity contribution in [2.45, 2.75) is 94.3 Å². The number of aliphatic carboxylic acids is 1. The number of carbonyl (C=O) groups is 9. The molecule has 2 heterocycles. The van der Waals surface area contributed by atoms with Crippen LogP contribution in [0.15, 0.2) is 48.0 Å². The predicted octanol–water partition coefficient (Wildman–Crippen LogP) is -5.63. The first-order valence-corrected chi connectivity index (χ1v) is 21.1. The molecule has 360 valence electrons. The highest BCUT2D eigenvalue weighted by Crippen LogP contribution is 2.19. The molecule has 0 saturated carbocycles. The number of imidazole rings is 1.